The lowest BCUT2D eigenvalue weighted by Gasteiger charge is -2.21. The molecule has 2 atom stereocenters. The third-order valence-electron chi connectivity index (χ3n) is 4.37. The molecule has 5 heteroatoms. The van der Waals surface area contributed by atoms with E-state index >= 15 is 0 Å². The fraction of sp³-hybridized carbons (Fsp3) is 0.333. The maximum atomic E-state index is 12.8. The van der Waals surface area contributed by atoms with Crippen LogP contribution in [0.15, 0.2) is 66.7 Å². The smallest absolute Gasteiger partial charge is 0.333 e. The summed E-state index contributed by atoms with van der Waals surface area (Å²) in [5, 5.41) is 10.4. The highest BCUT2D eigenvalue weighted by Crippen LogP contribution is 2.22. The molecule has 0 saturated heterocycles. The average Bonchev–Trinajstić information content (AvgIpc) is 2.72. The highest BCUT2D eigenvalue weighted by atomic mass is 16.5. The molecule has 0 fully saturated rings. The number of carbonyl (C=O) groups is 2. The third kappa shape index (κ3) is 6.88. The minimum absolute atomic E-state index is 0.0100. The van der Waals surface area contributed by atoms with Crippen LogP contribution in [0.4, 0.5) is 0 Å². The molecular weight excluding hydrogens is 368 g/mol. The van der Waals surface area contributed by atoms with Crippen LogP contribution in [0.1, 0.15) is 49.0 Å². The largest absolute Gasteiger partial charge is 0.490 e. The van der Waals surface area contributed by atoms with Gasteiger partial charge in [0.15, 0.2) is 5.78 Å². The van der Waals surface area contributed by atoms with E-state index in [1.807, 2.05) is 13.0 Å². The summed E-state index contributed by atoms with van der Waals surface area (Å²) in [4.78, 5) is 24.5. The van der Waals surface area contributed by atoms with E-state index < -0.39 is 18.2 Å². The molecule has 2 aromatic rings. The molecule has 0 radical (unpaired) electrons. The Bertz CT molecular complexity index is 828. The average molecular weight is 396 g/mol. The van der Waals surface area contributed by atoms with Crippen molar-refractivity contribution in [2.45, 2.75) is 45.3 Å². The van der Waals surface area contributed by atoms with Gasteiger partial charge >= 0.3 is 5.97 Å². The van der Waals surface area contributed by atoms with Crippen molar-refractivity contribution in [3.8, 4) is 5.75 Å². The summed E-state index contributed by atoms with van der Waals surface area (Å²) in [6, 6.07) is 15.9. The normalized spacial score (nSPS) is 12.7. The lowest BCUT2D eigenvalue weighted by molar-refractivity contribution is -0.146. The standard InChI is InChI=1S/C24H28O5/c1-4-10-20(29-24(27)17(2)3)15-19(25)16-28-22-14-9-8-13-21(22)23(26)18-11-6-5-7-12-18/h5-9,11-14,19-20,25H,2,4,10,15-16H2,1,3H3. The Labute approximate surface area is 172 Å². The molecule has 0 spiro atoms. The first-order valence-corrected chi connectivity index (χ1v) is 9.78. The third-order valence-corrected chi connectivity index (χ3v) is 4.37. The Kier molecular flexibility index (Phi) is 8.62. The van der Waals surface area contributed by atoms with E-state index in [1.54, 1.807) is 55.5 Å². The fourth-order valence-corrected chi connectivity index (χ4v) is 2.88. The van der Waals surface area contributed by atoms with Gasteiger partial charge in [-0.2, -0.15) is 0 Å². The summed E-state index contributed by atoms with van der Waals surface area (Å²) >= 11 is 0. The number of hydrogen-bond donors (Lipinski definition) is 1. The monoisotopic (exact) mass is 396 g/mol. The second-order valence-electron chi connectivity index (χ2n) is 6.99. The van der Waals surface area contributed by atoms with E-state index in [0.29, 0.717) is 28.9 Å². The molecule has 2 aromatic carbocycles. The number of ether oxygens (including phenoxy) is 2. The van der Waals surface area contributed by atoms with Gasteiger partial charge in [0.25, 0.3) is 0 Å². The summed E-state index contributed by atoms with van der Waals surface area (Å²) < 4.78 is 11.1. The summed E-state index contributed by atoms with van der Waals surface area (Å²) in [5.74, 6) is -0.198. The van der Waals surface area contributed by atoms with E-state index in [4.69, 9.17) is 9.47 Å². The van der Waals surface area contributed by atoms with Gasteiger partial charge in [0.2, 0.25) is 0 Å². The van der Waals surface area contributed by atoms with Crippen LogP contribution in [0.2, 0.25) is 0 Å². The molecule has 1 N–H and O–H groups in total. The number of carbonyl (C=O) groups excluding carboxylic acids is 2. The lowest BCUT2D eigenvalue weighted by Crippen LogP contribution is -2.28. The zero-order valence-electron chi connectivity index (χ0n) is 17.0. The first-order chi connectivity index (χ1) is 13.9. The van der Waals surface area contributed by atoms with Crippen molar-refractivity contribution in [3.05, 3.63) is 77.9 Å². The molecular formula is C24H28O5. The maximum absolute atomic E-state index is 12.8. The summed E-state index contributed by atoms with van der Waals surface area (Å²) in [7, 11) is 0. The van der Waals surface area contributed by atoms with Gasteiger partial charge in [-0.05, 0) is 25.5 Å². The van der Waals surface area contributed by atoms with Crippen LogP contribution in [-0.4, -0.2) is 35.7 Å². The molecule has 2 rings (SSSR count). The van der Waals surface area contributed by atoms with Gasteiger partial charge in [0.1, 0.15) is 18.5 Å². The van der Waals surface area contributed by atoms with Crippen molar-refractivity contribution in [2.24, 2.45) is 0 Å². The minimum atomic E-state index is -0.843. The van der Waals surface area contributed by atoms with E-state index in [-0.39, 0.29) is 18.8 Å². The van der Waals surface area contributed by atoms with Crippen LogP contribution in [0.25, 0.3) is 0 Å². The van der Waals surface area contributed by atoms with Gasteiger partial charge < -0.3 is 14.6 Å². The van der Waals surface area contributed by atoms with Crippen LogP contribution in [0, 0.1) is 0 Å². The van der Waals surface area contributed by atoms with Gasteiger partial charge in [0, 0.05) is 17.6 Å². The summed E-state index contributed by atoms with van der Waals surface area (Å²) in [5.41, 5.74) is 1.33. The fourth-order valence-electron chi connectivity index (χ4n) is 2.88. The molecule has 0 aliphatic heterocycles. The minimum Gasteiger partial charge on any atom is -0.490 e. The maximum Gasteiger partial charge on any atom is 0.333 e. The molecule has 0 saturated carbocycles. The Morgan fingerprint density at radius 2 is 1.72 bits per heavy atom. The number of benzene rings is 2. The lowest BCUT2D eigenvalue weighted by atomic mass is 10.0. The second-order valence-corrected chi connectivity index (χ2v) is 6.99. The van der Waals surface area contributed by atoms with Crippen molar-refractivity contribution in [1.82, 2.24) is 0 Å². The van der Waals surface area contributed by atoms with Gasteiger partial charge in [-0.3, -0.25) is 4.79 Å². The van der Waals surface area contributed by atoms with E-state index in [1.165, 1.54) is 0 Å². The predicted molar refractivity (Wildman–Crippen MR) is 112 cm³/mol. The van der Waals surface area contributed by atoms with Crippen LogP contribution < -0.4 is 4.74 Å². The molecule has 29 heavy (non-hydrogen) atoms. The molecule has 0 aromatic heterocycles. The first kappa shape index (κ1) is 22.4. The Morgan fingerprint density at radius 3 is 2.38 bits per heavy atom. The first-order valence-electron chi connectivity index (χ1n) is 9.78. The van der Waals surface area contributed by atoms with E-state index in [9.17, 15) is 14.7 Å². The van der Waals surface area contributed by atoms with E-state index in [0.717, 1.165) is 6.42 Å². The number of ketones is 1. The Hall–Kier alpha value is -2.92. The molecule has 154 valence electrons. The second kappa shape index (κ2) is 11.2. The zero-order chi connectivity index (χ0) is 21.2. The van der Waals surface area contributed by atoms with E-state index in [2.05, 4.69) is 6.58 Å². The Balaban J connectivity index is 2.01. The summed E-state index contributed by atoms with van der Waals surface area (Å²) in [6.45, 7) is 7.14. The van der Waals surface area contributed by atoms with Crippen molar-refractivity contribution >= 4 is 11.8 Å². The van der Waals surface area contributed by atoms with Crippen molar-refractivity contribution < 1.29 is 24.2 Å². The molecule has 2 unspecified atom stereocenters. The van der Waals surface area contributed by atoms with Gasteiger partial charge in [-0.15, -0.1) is 0 Å². The molecule has 0 aliphatic rings. The highest BCUT2D eigenvalue weighted by Gasteiger charge is 2.20. The SMILES string of the molecule is C=C(C)C(=O)OC(CCC)CC(O)COc1ccccc1C(=O)c1ccccc1. The molecule has 0 amide bonds. The van der Waals surface area contributed by atoms with Crippen molar-refractivity contribution in [1.29, 1.82) is 0 Å². The molecule has 5 nitrogen and oxygen atoms in total. The number of esters is 1. The van der Waals surface area contributed by atoms with Crippen LogP contribution >= 0.6 is 0 Å². The van der Waals surface area contributed by atoms with Gasteiger partial charge in [-0.25, -0.2) is 4.79 Å². The molecule has 0 aliphatic carbocycles. The van der Waals surface area contributed by atoms with Crippen molar-refractivity contribution in [2.75, 3.05) is 6.61 Å². The quantitative estimate of drug-likeness (QED) is 0.348. The van der Waals surface area contributed by atoms with Crippen LogP contribution in [-0.2, 0) is 9.53 Å². The number of aliphatic hydroxyl groups is 1. The highest BCUT2D eigenvalue weighted by molar-refractivity contribution is 6.10. The summed E-state index contributed by atoms with van der Waals surface area (Å²) in [6.07, 6.45) is 0.449. The number of aliphatic hydroxyl groups excluding tert-OH is 1. The number of hydrogen-bond acceptors (Lipinski definition) is 5. The number of para-hydroxylation sites is 1. The molecule has 0 bridgehead atoms. The van der Waals surface area contributed by atoms with Crippen LogP contribution in [0.3, 0.4) is 0 Å². The topological polar surface area (TPSA) is 72.8 Å². The van der Waals surface area contributed by atoms with Gasteiger partial charge in [-0.1, -0.05) is 62.4 Å². The Morgan fingerprint density at radius 1 is 1.07 bits per heavy atom. The predicted octanol–water partition coefficient (Wildman–Crippen LogP) is 4.34. The van der Waals surface area contributed by atoms with Crippen LogP contribution in [0.5, 0.6) is 5.75 Å². The number of rotatable bonds is 11. The molecule has 0 heterocycles. The zero-order valence-corrected chi connectivity index (χ0v) is 17.0. The van der Waals surface area contributed by atoms with Gasteiger partial charge in [0.05, 0.1) is 11.7 Å². The van der Waals surface area contributed by atoms with Crippen molar-refractivity contribution in [3.63, 3.8) is 0 Å².